The molecule has 1 amide bonds. The van der Waals surface area contributed by atoms with E-state index in [0.717, 1.165) is 19.2 Å². The monoisotopic (exact) mass is 426 g/mol. The first-order chi connectivity index (χ1) is 10.1. The Balaban J connectivity index is 1.80. The summed E-state index contributed by atoms with van der Waals surface area (Å²) >= 11 is 8.35. The molecule has 21 heavy (non-hydrogen) atoms. The highest BCUT2D eigenvalue weighted by molar-refractivity contribution is 9.11. The average molecular weight is 428 g/mol. The molecule has 0 saturated heterocycles. The number of nitrogens with one attached hydrogen (secondary N) is 1. The molecule has 106 valence electrons. The summed E-state index contributed by atoms with van der Waals surface area (Å²) in [6.45, 7) is 0. The van der Waals surface area contributed by atoms with Gasteiger partial charge in [-0.1, -0.05) is 22.0 Å². The molecule has 7 heteroatoms. The number of amides is 1. The minimum atomic E-state index is -0.387. The van der Waals surface area contributed by atoms with E-state index in [0.29, 0.717) is 5.58 Å². The molecule has 1 N–H and O–H groups in total. The first-order valence-corrected chi connectivity index (χ1v) is 8.35. The highest BCUT2D eigenvalue weighted by Gasteiger charge is 2.14. The summed E-state index contributed by atoms with van der Waals surface area (Å²) < 4.78 is 7.25. The Labute approximate surface area is 141 Å². The molecule has 0 saturated carbocycles. The molecule has 0 unspecified atom stereocenters. The molecule has 0 aliphatic heterocycles. The van der Waals surface area contributed by atoms with Crippen LogP contribution >= 0.6 is 43.2 Å². The van der Waals surface area contributed by atoms with E-state index in [4.69, 9.17) is 4.42 Å². The van der Waals surface area contributed by atoms with E-state index in [-0.39, 0.29) is 11.7 Å². The molecular formula is C14H8Br2N2O2S. The predicted molar refractivity (Wildman–Crippen MR) is 91.0 cm³/mol. The zero-order valence-corrected chi connectivity index (χ0v) is 14.5. The van der Waals surface area contributed by atoms with Gasteiger partial charge in [0.25, 0.3) is 0 Å². The summed E-state index contributed by atoms with van der Waals surface area (Å²) in [5.41, 5.74) is 3.08. The lowest BCUT2D eigenvalue weighted by molar-refractivity contribution is 0.0929. The van der Waals surface area contributed by atoms with Crippen LogP contribution in [0.15, 0.2) is 54.2 Å². The molecular weight excluding hydrogens is 420 g/mol. The summed E-state index contributed by atoms with van der Waals surface area (Å²) in [5, 5.41) is 6.68. The molecule has 3 aromatic rings. The summed E-state index contributed by atoms with van der Waals surface area (Å²) in [4.78, 5) is 13.0. The van der Waals surface area contributed by atoms with Gasteiger partial charge in [-0.3, -0.25) is 4.79 Å². The summed E-state index contributed by atoms with van der Waals surface area (Å²) in [5.74, 6) is -0.172. The standard InChI is InChI=1S/C14H8Br2N2O2S/c15-9-4-8-5-12(20-13(8)11(16)6-9)14(19)18-17-7-10-2-1-3-21-10/h1-7H,(H,18,19)/b17-7-. The average Bonchev–Trinajstić information content (AvgIpc) is 3.07. The number of carbonyl (C=O) groups is 1. The first kappa shape index (κ1) is 14.5. The molecule has 0 atom stereocenters. The molecule has 2 heterocycles. The van der Waals surface area contributed by atoms with Gasteiger partial charge in [-0.05, 0) is 45.6 Å². The Bertz CT molecular complexity index is 825. The van der Waals surface area contributed by atoms with Gasteiger partial charge in [-0.15, -0.1) is 11.3 Å². The second-order valence-corrected chi connectivity index (χ2v) is 6.88. The minimum Gasteiger partial charge on any atom is -0.450 e. The van der Waals surface area contributed by atoms with E-state index in [2.05, 4.69) is 42.4 Å². The number of nitrogens with zero attached hydrogens (tertiary/aromatic N) is 1. The third-order valence-electron chi connectivity index (χ3n) is 2.66. The topological polar surface area (TPSA) is 54.6 Å². The summed E-state index contributed by atoms with van der Waals surface area (Å²) in [6.07, 6.45) is 1.59. The van der Waals surface area contributed by atoms with Gasteiger partial charge in [-0.2, -0.15) is 5.10 Å². The van der Waals surface area contributed by atoms with Gasteiger partial charge in [-0.25, -0.2) is 5.43 Å². The lowest BCUT2D eigenvalue weighted by Crippen LogP contribution is -2.16. The van der Waals surface area contributed by atoms with Gasteiger partial charge < -0.3 is 4.42 Å². The van der Waals surface area contributed by atoms with Crippen LogP contribution in [0.1, 0.15) is 15.4 Å². The van der Waals surface area contributed by atoms with E-state index in [1.807, 2.05) is 29.6 Å². The first-order valence-electron chi connectivity index (χ1n) is 5.89. The molecule has 0 radical (unpaired) electrons. The van der Waals surface area contributed by atoms with Crippen LogP contribution in [-0.2, 0) is 0 Å². The van der Waals surface area contributed by atoms with Gasteiger partial charge in [0.15, 0.2) is 5.76 Å². The number of carbonyl (C=O) groups excluding carboxylic acids is 1. The zero-order chi connectivity index (χ0) is 14.8. The Morgan fingerprint density at radius 3 is 2.95 bits per heavy atom. The number of thiophene rings is 1. The van der Waals surface area contributed by atoms with Crippen molar-refractivity contribution in [1.29, 1.82) is 0 Å². The quantitative estimate of drug-likeness (QED) is 0.482. The van der Waals surface area contributed by atoms with Crippen LogP contribution in [0.3, 0.4) is 0 Å². The van der Waals surface area contributed by atoms with Crippen LogP contribution in [-0.4, -0.2) is 12.1 Å². The van der Waals surface area contributed by atoms with Crippen molar-refractivity contribution >= 4 is 66.3 Å². The van der Waals surface area contributed by atoms with Gasteiger partial charge in [0.1, 0.15) is 5.58 Å². The van der Waals surface area contributed by atoms with Crippen LogP contribution in [0.2, 0.25) is 0 Å². The maximum absolute atomic E-state index is 12.0. The molecule has 1 aromatic carbocycles. The second-order valence-electron chi connectivity index (χ2n) is 4.13. The Kier molecular flexibility index (Phi) is 4.23. The van der Waals surface area contributed by atoms with Gasteiger partial charge in [0.05, 0.1) is 10.7 Å². The fraction of sp³-hybridized carbons (Fsp3) is 0. The van der Waals surface area contributed by atoms with Crippen molar-refractivity contribution in [2.75, 3.05) is 0 Å². The summed E-state index contributed by atoms with van der Waals surface area (Å²) in [7, 11) is 0. The van der Waals surface area contributed by atoms with Crippen LogP contribution in [0.25, 0.3) is 11.0 Å². The maximum atomic E-state index is 12.0. The molecule has 0 fully saturated rings. The molecule has 4 nitrogen and oxygen atoms in total. The van der Waals surface area contributed by atoms with Crippen molar-refractivity contribution in [3.05, 3.63) is 55.3 Å². The fourth-order valence-corrected chi connectivity index (χ4v) is 3.69. The van der Waals surface area contributed by atoms with E-state index in [9.17, 15) is 4.79 Å². The minimum absolute atomic E-state index is 0.215. The number of benzene rings is 1. The van der Waals surface area contributed by atoms with Crippen molar-refractivity contribution in [1.82, 2.24) is 5.43 Å². The summed E-state index contributed by atoms with van der Waals surface area (Å²) in [6, 6.07) is 9.26. The number of hydrogen-bond acceptors (Lipinski definition) is 4. The molecule has 0 aliphatic carbocycles. The molecule has 0 aliphatic rings. The van der Waals surface area contributed by atoms with Gasteiger partial charge in [0, 0.05) is 14.7 Å². The van der Waals surface area contributed by atoms with Gasteiger partial charge >= 0.3 is 5.91 Å². The largest absolute Gasteiger partial charge is 0.450 e. The Morgan fingerprint density at radius 1 is 1.33 bits per heavy atom. The highest BCUT2D eigenvalue weighted by atomic mass is 79.9. The SMILES string of the molecule is O=C(N/N=C\c1cccs1)c1cc2cc(Br)cc(Br)c2o1. The number of furan rings is 1. The number of halogens is 2. The predicted octanol–water partition coefficient (Wildman–Crippen LogP) is 4.78. The van der Waals surface area contributed by atoms with Crippen LogP contribution in [0, 0.1) is 0 Å². The number of hydrazone groups is 1. The normalized spacial score (nSPS) is 11.3. The highest BCUT2D eigenvalue weighted by Crippen LogP contribution is 2.30. The van der Waals surface area contributed by atoms with Crippen molar-refractivity contribution in [3.63, 3.8) is 0 Å². The lowest BCUT2D eigenvalue weighted by atomic mass is 10.2. The zero-order valence-electron chi connectivity index (χ0n) is 10.5. The van der Waals surface area contributed by atoms with Gasteiger partial charge in [0.2, 0.25) is 0 Å². The number of fused-ring (bicyclic) bond motifs is 1. The van der Waals surface area contributed by atoms with Crippen LogP contribution in [0.4, 0.5) is 0 Å². The van der Waals surface area contributed by atoms with E-state index >= 15 is 0 Å². The Hall–Kier alpha value is -1.44. The van der Waals surface area contributed by atoms with Crippen molar-refractivity contribution in [3.8, 4) is 0 Å². The third-order valence-corrected chi connectivity index (χ3v) is 4.51. The molecule has 0 bridgehead atoms. The Morgan fingerprint density at radius 2 is 2.19 bits per heavy atom. The maximum Gasteiger partial charge on any atom is 0.307 e. The molecule has 2 aromatic heterocycles. The smallest absolute Gasteiger partial charge is 0.307 e. The molecule has 0 spiro atoms. The van der Waals surface area contributed by atoms with E-state index < -0.39 is 0 Å². The van der Waals surface area contributed by atoms with E-state index in [1.165, 1.54) is 0 Å². The van der Waals surface area contributed by atoms with E-state index in [1.54, 1.807) is 23.6 Å². The lowest BCUT2D eigenvalue weighted by Gasteiger charge is -1.95. The van der Waals surface area contributed by atoms with Crippen molar-refractivity contribution < 1.29 is 9.21 Å². The third kappa shape index (κ3) is 3.25. The number of hydrogen-bond donors (Lipinski definition) is 1. The van der Waals surface area contributed by atoms with Crippen LogP contribution in [0.5, 0.6) is 0 Å². The van der Waals surface area contributed by atoms with Crippen molar-refractivity contribution in [2.45, 2.75) is 0 Å². The number of rotatable bonds is 3. The second kappa shape index (κ2) is 6.13. The van der Waals surface area contributed by atoms with Crippen LogP contribution < -0.4 is 5.43 Å². The fourth-order valence-electron chi connectivity index (χ4n) is 1.76. The van der Waals surface area contributed by atoms with Crippen molar-refractivity contribution in [2.24, 2.45) is 5.10 Å². The molecule has 3 rings (SSSR count).